The van der Waals surface area contributed by atoms with E-state index in [0.717, 1.165) is 24.5 Å². The van der Waals surface area contributed by atoms with Crippen LogP contribution in [0.15, 0.2) is 18.3 Å². The summed E-state index contributed by atoms with van der Waals surface area (Å²) in [5.41, 5.74) is 1.07. The van der Waals surface area contributed by atoms with Crippen molar-refractivity contribution in [2.45, 2.75) is 19.4 Å². The average Bonchev–Trinajstić information content (AvgIpc) is 2.91. The van der Waals surface area contributed by atoms with E-state index in [0.29, 0.717) is 6.54 Å². The maximum atomic E-state index is 11.3. The van der Waals surface area contributed by atoms with E-state index in [2.05, 4.69) is 15.2 Å². The summed E-state index contributed by atoms with van der Waals surface area (Å²) in [6, 6.07) is 3.96. The highest BCUT2D eigenvalue weighted by Crippen LogP contribution is 2.18. The molecular formula is C13H19N3O2. The molecule has 0 atom stereocenters. The first kappa shape index (κ1) is 12.8. The van der Waals surface area contributed by atoms with Gasteiger partial charge in [-0.05, 0) is 30.5 Å². The first-order valence-electron chi connectivity index (χ1n) is 6.25. The molecule has 0 unspecified atom stereocenters. The molecule has 5 nitrogen and oxygen atoms in total. The van der Waals surface area contributed by atoms with E-state index in [-0.39, 0.29) is 12.5 Å². The highest BCUT2D eigenvalue weighted by atomic mass is 16.5. The number of amides is 1. The Morgan fingerprint density at radius 1 is 1.50 bits per heavy atom. The highest BCUT2D eigenvalue weighted by molar-refractivity contribution is 5.77. The van der Waals surface area contributed by atoms with Crippen LogP contribution in [0.3, 0.4) is 0 Å². The van der Waals surface area contributed by atoms with Gasteiger partial charge in [0.05, 0.1) is 0 Å². The number of aromatic nitrogens is 1. The Labute approximate surface area is 107 Å². The second kappa shape index (κ2) is 6.35. The van der Waals surface area contributed by atoms with E-state index >= 15 is 0 Å². The van der Waals surface area contributed by atoms with Crippen LogP contribution in [0.5, 0.6) is 0 Å². The predicted molar refractivity (Wildman–Crippen MR) is 69.4 cm³/mol. The number of hydrogen-bond donors (Lipinski definition) is 1. The summed E-state index contributed by atoms with van der Waals surface area (Å²) in [7, 11) is 1.51. The van der Waals surface area contributed by atoms with Crippen LogP contribution in [0.4, 0.5) is 5.82 Å². The Balaban J connectivity index is 1.92. The van der Waals surface area contributed by atoms with Crippen LogP contribution in [-0.4, -0.2) is 37.7 Å². The lowest BCUT2D eigenvalue weighted by Gasteiger charge is -2.16. The molecule has 2 rings (SSSR count). The monoisotopic (exact) mass is 249 g/mol. The molecule has 1 amide bonds. The van der Waals surface area contributed by atoms with Crippen molar-refractivity contribution >= 4 is 11.7 Å². The number of anilines is 1. The summed E-state index contributed by atoms with van der Waals surface area (Å²) >= 11 is 0. The zero-order valence-electron chi connectivity index (χ0n) is 10.7. The average molecular weight is 249 g/mol. The number of rotatable bonds is 5. The third-order valence-corrected chi connectivity index (χ3v) is 3.01. The summed E-state index contributed by atoms with van der Waals surface area (Å²) in [6.07, 6.45) is 4.26. The van der Waals surface area contributed by atoms with E-state index in [1.165, 1.54) is 20.0 Å². The quantitative estimate of drug-likeness (QED) is 0.844. The molecule has 0 bridgehead atoms. The second-order valence-corrected chi connectivity index (χ2v) is 4.43. The number of carbonyl (C=O) groups excluding carboxylic acids is 1. The molecule has 1 N–H and O–H groups in total. The number of hydrogen-bond acceptors (Lipinski definition) is 4. The number of ether oxygens (including phenoxy) is 1. The van der Waals surface area contributed by atoms with Gasteiger partial charge in [0, 0.05) is 32.9 Å². The number of pyridine rings is 1. The lowest BCUT2D eigenvalue weighted by molar-refractivity contribution is -0.124. The molecule has 0 saturated carbocycles. The standard InChI is InChI=1S/C13H19N3O2/c1-18-10-13(17)15-9-11-4-5-14-12(8-11)16-6-2-3-7-16/h4-5,8H,2-3,6-7,9-10H2,1H3,(H,15,17). The van der Waals surface area contributed by atoms with Gasteiger partial charge in [0.2, 0.25) is 5.91 Å². The van der Waals surface area contributed by atoms with Crippen molar-refractivity contribution in [3.05, 3.63) is 23.9 Å². The topological polar surface area (TPSA) is 54.5 Å². The van der Waals surface area contributed by atoms with Crippen LogP contribution < -0.4 is 10.2 Å². The fourth-order valence-corrected chi connectivity index (χ4v) is 2.07. The Morgan fingerprint density at radius 2 is 2.28 bits per heavy atom. The van der Waals surface area contributed by atoms with Crippen molar-refractivity contribution in [2.24, 2.45) is 0 Å². The summed E-state index contributed by atoms with van der Waals surface area (Å²) in [5, 5.41) is 2.81. The van der Waals surface area contributed by atoms with E-state index < -0.39 is 0 Å². The van der Waals surface area contributed by atoms with Gasteiger partial charge in [-0.3, -0.25) is 4.79 Å². The van der Waals surface area contributed by atoms with Crippen LogP contribution in [0, 0.1) is 0 Å². The number of methoxy groups -OCH3 is 1. The number of carbonyl (C=O) groups is 1. The Morgan fingerprint density at radius 3 is 3.00 bits per heavy atom. The van der Waals surface area contributed by atoms with Gasteiger partial charge in [-0.15, -0.1) is 0 Å². The molecule has 2 heterocycles. The maximum Gasteiger partial charge on any atom is 0.246 e. The predicted octanol–water partition coefficient (Wildman–Crippen LogP) is 0.944. The molecule has 18 heavy (non-hydrogen) atoms. The van der Waals surface area contributed by atoms with Crippen molar-refractivity contribution in [2.75, 3.05) is 31.7 Å². The Kier molecular flexibility index (Phi) is 4.52. The minimum absolute atomic E-state index is 0.1000. The van der Waals surface area contributed by atoms with Crippen molar-refractivity contribution < 1.29 is 9.53 Å². The number of nitrogens with one attached hydrogen (secondary N) is 1. The molecule has 1 saturated heterocycles. The lowest BCUT2D eigenvalue weighted by atomic mass is 10.2. The maximum absolute atomic E-state index is 11.3. The van der Waals surface area contributed by atoms with E-state index in [1.54, 1.807) is 6.20 Å². The summed E-state index contributed by atoms with van der Waals surface area (Å²) in [6.45, 7) is 2.77. The molecule has 1 aromatic heterocycles. The van der Waals surface area contributed by atoms with Crippen molar-refractivity contribution in [3.63, 3.8) is 0 Å². The van der Waals surface area contributed by atoms with E-state index in [4.69, 9.17) is 4.74 Å². The third kappa shape index (κ3) is 3.43. The zero-order valence-corrected chi connectivity index (χ0v) is 10.7. The molecule has 0 aromatic carbocycles. The summed E-state index contributed by atoms with van der Waals surface area (Å²) < 4.78 is 4.76. The SMILES string of the molecule is COCC(=O)NCc1ccnc(N2CCCC2)c1. The normalized spacial score (nSPS) is 14.8. The molecule has 1 aliphatic heterocycles. The van der Waals surface area contributed by atoms with Crippen LogP contribution in [0.1, 0.15) is 18.4 Å². The van der Waals surface area contributed by atoms with E-state index in [9.17, 15) is 4.79 Å². The molecule has 1 aliphatic rings. The minimum atomic E-state index is -0.1000. The largest absolute Gasteiger partial charge is 0.375 e. The Bertz CT molecular complexity index is 403. The summed E-state index contributed by atoms with van der Waals surface area (Å²) in [4.78, 5) is 17.9. The van der Waals surface area contributed by atoms with Gasteiger partial charge in [-0.25, -0.2) is 4.98 Å². The van der Waals surface area contributed by atoms with Crippen LogP contribution in [0.2, 0.25) is 0 Å². The van der Waals surface area contributed by atoms with Crippen molar-refractivity contribution in [1.82, 2.24) is 10.3 Å². The first-order valence-corrected chi connectivity index (χ1v) is 6.25. The summed E-state index contributed by atoms with van der Waals surface area (Å²) in [5.74, 6) is 0.906. The second-order valence-electron chi connectivity index (χ2n) is 4.43. The van der Waals surface area contributed by atoms with E-state index in [1.807, 2.05) is 12.1 Å². The molecule has 1 aromatic rings. The van der Waals surface area contributed by atoms with Gasteiger partial charge in [-0.1, -0.05) is 0 Å². The first-order chi connectivity index (χ1) is 8.79. The van der Waals surface area contributed by atoms with Gasteiger partial charge in [0.25, 0.3) is 0 Å². The number of nitrogens with zero attached hydrogens (tertiary/aromatic N) is 2. The fraction of sp³-hybridized carbons (Fsp3) is 0.538. The van der Waals surface area contributed by atoms with Gasteiger partial charge in [-0.2, -0.15) is 0 Å². The third-order valence-electron chi connectivity index (χ3n) is 3.01. The van der Waals surface area contributed by atoms with Gasteiger partial charge in [0.15, 0.2) is 0 Å². The lowest BCUT2D eigenvalue weighted by Crippen LogP contribution is -2.26. The van der Waals surface area contributed by atoms with Crippen LogP contribution in [-0.2, 0) is 16.1 Å². The van der Waals surface area contributed by atoms with Gasteiger partial charge in [0.1, 0.15) is 12.4 Å². The van der Waals surface area contributed by atoms with Gasteiger partial charge < -0.3 is 15.0 Å². The fourth-order valence-electron chi connectivity index (χ4n) is 2.07. The molecule has 0 radical (unpaired) electrons. The van der Waals surface area contributed by atoms with Crippen molar-refractivity contribution in [1.29, 1.82) is 0 Å². The van der Waals surface area contributed by atoms with Crippen LogP contribution >= 0.6 is 0 Å². The minimum Gasteiger partial charge on any atom is -0.375 e. The Hall–Kier alpha value is -1.62. The molecule has 0 aliphatic carbocycles. The molecule has 5 heteroatoms. The van der Waals surface area contributed by atoms with Crippen molar-refractivity contribution in [3.8, 4) is 0 Å². The molecule has 0 spiro atoms. The smallest absolute Gasteiger partial charge is 0.246 e. The molecule has 98 valence electrons. The zero-order chi connectivity index (χ0) is 12.8. The molecular weight excluding hydrogens is 230 g/mol. The van der Waals surface area contributed by atoms with Gasteiger partial charge >= 0.3 is 0 Å². The highest BCUT2D eigenvalue weighted by Gasteiger charge is 2.13. The molecule has 1 fully saturated rings. The van der Waals surface area contributed by atoms with Crippen LogP contribution in [0.25, 0.3) is 0 Å².